The summed E-state index contributed by atoms with van der Waals surface area (Å²) in [7, 11) is 0.124. The summed E-state index contributed by atoms with van der Waals surface area (Å²) in [4.78, 5) is 38.6. The molecule has 47 heavy (non-hydrogen) atoms. The van der Waals surface area contributed by atoms with Crippen LogP contribution in [0.1, 0.15) is 39.0 Å². The zero-order chi connectivity index (χ0) is 34.2. The van der Waals surface area contributed by atoms with Crippen LogP contribution < -0.4 is 26.9 Å². The Hall–Kier alpha value is -3.26. The van der Waals surface area contributed by atoms with E-state index in [9.17, 15) is 27.6 Å². The summed E-state index contributed by atoms with van der Waals surface area (Å²) in [5, 5.41) is 3.51. The van der Waals surface area contributed by atoms with Crippen molar-refractivity contribution in [1.82, 2.24) is 14.9 Å². The molecule has 0 saturated carbocycles. The second-order valence-corrected chi connectivity index (χ2v) is 18.5. The number of benzene rings is 2. The van der Waals surface area contributed by atoms with Gasteiger partial charge in [0.1, 0.15) is 23.8 Å². The Balaban J connectivity index is 1.63. The van der Waals surface area contributed by atoms with Gasteiger partial charge >= 0.3 is 17.8 Å². The second kappa shape index (κ2) is 15.8. The first-order valence-corrected chi connectivity index (χ1v) is 19.3. The Kier molecular flexibility index (Phi) is 12.3. The first-order valence-electron chi connectivity index (χ1n) is 14.6. The fourth-order valence-corrected chi connectivity index (χ4v) is 10.8. The molecule has 1 amide bonds. The molecular weight excluding hydrogens is 672 g/mol. The third-order valence-electron chi connectivity index (χ3n) is 7.61. The van der Waals surface area contributed by atoms with Gasteiger partial charge < -0.3 is 19.2 Å². The number of carbonyl (C=O) groups excluding carboxylic acids is 1. The molecule has 1 aromatic heterocycles. The monoisotopic (exact) mass is 707 g/mol. The van der Waals surface area contributed by atoms with Crippen molar-refractivity contribution in [1.29, 1.82) is 0 Å². The highest BCUT2D eigenvalue weighted by atomic mass is 33.1. The highest BCUT2D eigenvalue weighted by Crippen LogP contribution is 2.38. The van der Waals surface area contributed by atoms with Gasteiger partial charge in [0, 0.05) is 12.6 Å². The van der Waals surface area contributed by atoms with E-state index in [0.29, 0.717) is 5.94 Å². The van der Waals surface area contributed by atoms with Gasteiger partial charge in [-0.05, 0) is 21.7 Å². The molecule has 1 saturated heterocycles. The van der Waals surface area contributed by atoms with Crippen LogP contribution in [-0.4, -0.2) is 67.5 Å². The molecule has 9 nitrogen and oxygen atoms in total. The maximum Gasteiger partial charge on any atom is 0.471 e. The highest BCUT2D eigenvalue weighted by Gasteiger charge is 2.51. The first-order chi connectivity index (χ1) is 22.3. The minimum atomic E-state index is -5.06. The SMILES string of the molecule is CSSCOC1C[C@H](n2cc(C#CCNC(=O)C(F)(F)F)c(=O)[nH]c2=O)O[C@@H]1CO[Si](c1ccccc1)(c1ccccc1)C(C)(C)C. The first kappa shape index (κ1) is 36.6. The maximum absolute atomic E-state index is 12.9. The van der Waals surface area contributed by atoms with E-state index < -0.39 is 56.6 Å². The number of alkyl halides is 3. The number of nitrogens with one attached hydrogen (secondary N) is 2. The van der Waals surface area contributed by atoms with Crippen LogP contribution in [0.2, 0.25) is 5.04 Å². The Morgan fingerprint density at radius 3 is 2.26 bits per heavy atom. The molecule has 0 spiro atoms. The van der Waals surface area contributed by atoms with E-state index in [1.54, 1.807) is 16.1 Å². The van der Waals surface area contributed by atoms with E-state index in [4.69, 9.17) is 13.9 Å². The number of amides is 1. The Bertz CT molecular complexity index is 1650. The molecule has 2 heterocycles. The number of hydrogen-bond donors (Lipinski definition) is 2. The molecule has 1 fully saturated rings. The lowest BCUT2D eigenvalue weighted by Crippen LogP contribution is -2.67. The Labute approximate surface area is 279 Å². The van der Waals surface area contributed by atoms with E-state index >= 15 is 0 Å². The van der Waals surface area contributed by atoms with Crippen LogP contribution in [0.4, 0.5) is 13.2 Å². The molecule has 3 aromatic rings. The van der Waals surface area contributed by atoms with Gasteiger partial charge in [-0.3, -0.25) is 19.1 Å². The number of aromatic nitrogens is 2. The van der Waals surface area contributed by atoms with Gasteiger partial charge in [0.15, 0.2) is 0 Å². The molecule has 252 valence electrons. The van der Waals surface area contributed by atoms with E-state index in [-0.39, 0.29) is 23.6 Å². The molecule has 1 unspecified atom stereocenters. The summed E-state index contributed by atoms with van der Waals surface area (Å²) in [5.41, 5.74) is -1.76. The molecular formula is C32H36F3N3O6S2Si. The van der Waals surface area contributed by atoms with Gasteiger partial charge in [-0.15, -0.1) is 0 Å². The van der Waals surface area contributed by atoms with Gasteiger partial charge in [0.05, 0.1) is 19.3 Å². The average molecular weight is 708 g/mol. The molecule has 0 aliphatic carbocycles. The summed E-state index contributed by atoms with van der Waals surface area (Å²) in [6.07, 6.45) is -3.59. The van der Waals surface area contributed by atoms with Crippen LogP contribution >= 0.6 is 21.6 Å². The summed E-state index contributed by atoms with van der Waals surface area (Å²) < 4.78 is 58.3. The van der Waals surface area contributed by atoms with E-state index in [2.05, 4.69) is 61.9 Å². The van der Waals surface area contributed by atoms with E-state index in [1.807, 2.05) is 42.7 Å². The molecule has 0 bridgehead atoms. The fourth-order valence-electron chi connectivity index (χ4n) is 5.48. The lowest BCUT2D eigenvalue weighted by Gasteiger charge is -2.43. The van der Waals surface area contributed by atoms with Gasteiger partial charge in [-0.1, -0.05) is 115 Å². The van der Waals surface area contributed by atoms with Gasteiger partial charge in [-0.2, -0.15) is 13.2 Å². The Morgan fingerprint density at radius 1 is 1.09 bits per heavy atom. The van der Waals surface area contributed by atoms with Gasteiger partial charge in [-0.25, -0.2) is 4.79 Å². The number of aromatic amines is 1. The van der Waals surface area contributed by atoms with E-state index in [1.165, 1.54) is 21.6 Å². The van der Waals surface area contributed by atoms with Crippen molar-refractivity contribution in [2.75, 3.05) is 25.3 Å². The minimum Gasteiger partial charge on any atom is -0.405 e. The second-order valence-electron chi connectivity index (χ2n) is 11.6. The number of ether oxygens (including phenoxy) is 2. The van der Waals surface area contributed by atoms with Crippen molar-refractivity contribution in [2.45, 2.75) is 56.8 Å². The van der Waals surface area contributed by atoms with Crippen molar-refractivity contribution in [3.63, 3.8) is 0 Å². The molecule has 4 rings (SSSR count). The zero-order valence-electron chi connectivity index (χ0n) is 26.3. The quantitative estimate of drug-likeness (QED) is 0.102. The third-order valence-corrected chi connectivity index (χ3v) is 14.1. The van der Waals surface area contributed by atoms with Crippen molar-refractivity contribution < 1.29 is 31.9 Å². The van der Waals surface area contributed by atoms with Crippen LogP contribution in [0.3, 0.4) is 0 Å². The topological polar surface area (TPSA) is 112 Å². The van der Waals surface area contributed by atoms with Crippen LogP contribution in [0.5, 0.6) is 0 Å². The lowest BCUT2D eigenvalue weighted by molar-refractivity contribution is -0.173. The number of H-pyrrole nitrogens is 1. The van der Waals surface area contributed by atoms with Crippen molar-refractivity contribution in [3.05, 3.63) is 93.3 Å². The largest absolute Gasteiger partial charge is 0.471 e. The number of nitrogens with zero attached hydrogens (tertiary/aromatic N) is 1. The smallest absolute Gasteiger partial charge is 0.405 e. The number of halogens is 3. The van der Waals surface area contributed by atoms with Crippen molar-refractivity contribution in [3.8, 4) is 11.8 Å². The number of rotatable bonds is 11. The number of hydrogen-bond acceptors (Lipinski definition) is 8. The standard InChI is InChI=1S/C32H36F3N3O6S2Si/c1-31(2,3)47(23-13-7-5-8-14-23,24-15-9-6-10-16-24)43-20-26-25(42-21-46-45-4)18-27(44-26)38-19-22(28(39)37-30(38)41)12-11-17-36-29(40)32(33,34)35/h5-10,13-16,19,25-27H,17-18,20-21H2,1-4H3,(H,36,40)(H,37,39,41)/t25?,26-,27-/m1/s1. The molecule has 2 N–H and O–H groups in total. The van der Waals surface area contributed by atoms with Crippen molar-refractivity contribution >= 4 is 46.2 Å². The summed E-state index contributed by atoms with van der Waals surface area (Å²) in [6, 6.07) is 20.3. The zero-order valence-corrected chi connectivity index (χ0v) is 28.9. The summed E-state index contributed by atoms with van der Waals surface area (Å²) in [5.74, 6) is 2.95. The predicted octanol–water partition coefficient (Wildman–Crippen LogP) is 3.78. The van der Waals surface area contributed by atoms with Gasteiger partial charge in [0.25, 0.3) is 13.9 Å². The highest BCUT2D eigenvalue weighted by molar-refractivity contribution is 8.76. The summed E-state index contributed by atoms with van der Waals surface area (Å²) in [6.45, 7) is 6.00. The molecule has 2 aromatic carbocycles. The van der Waals surface area contributed by atoms with Crippen LogP contribution in [0, 0.1) is 11.8 Å². The Morgan fingerprint density at radius 2 is 1.70 bits per heavy atom. The lowest BCUT2D eigenvalue weighted by atomic mass is 10.2. The normalized spacial score (nSPS) is 18.4. The molecule has 1 aliphatic heterocycles. The van der Waals surface area contributed by atoms with Crippen LogP contribution in [0.25, 0.3) is 0 Å². The maximum atomic E-state index is 12.9. The minimum absolute atomic E-state index is 0.155. The predicted molar refractivity (Wildman–Crippen MR) is 180 cm³/mol. The molecule has 15 heteroatoms. The van der Waals surface area contributed by atoms with Gasteiger partial charge in [0.2, 0.25) is 0 Å². The van der Waals surface area contributed by atoms with E-state index in [0.717, 1.165) is 10.4 Å². The summed E-state index contributed by atoms with van der Waals surface area (Å²) >= 11 is 0. The fraction of sp³-hybridized carbons (Fsp3) is 0.406. The molecule has 3 atom stereocenters. The number of carbonyl (C=O) groups is 1. The third kappa shape index (κ3) is 8.81. The van der Waals surface area contributed by atoms with Crippen LogP contribution in [0.15, 0.2) is 76.4 Å². The van der Waals surface area contributed by atoms with Crippen molar-refractivity contribution in [2.24, 2.45) is 0 Å². The average Bonchev–Trinajstić information content (AvgIpc) is 3.42. The molecule has 1 aliphatic rings. The van der Waals surface area contributed by atoms with Crippen LogP contribution in [-0.2, 0) is 18.7 Å². The molecule has 0 radical (unpaired) electrons.